The molecule has 0 amide bonds. The summed E-state index contributed by atoms with van der Waals surface area (Å²) in [4.78, 5) is 7.23. The van der Waals surface area contributed by atoms with Crippen LogP contribution < -0.4 is 37.0 Å². The maximum Gasteiger partial charge on any atom is 0.136 e. The Balaban J connectivity index is 0.000000129. The van der Waals surface area contributed by atoms with Crippen LogP contribution in [0.3, 0.4) is 0 Å². The molecule has 10 aromatic rings. The van der Waals surface area contributed by atoms with Gasteiger partial charge < -0.3 is 4.90 Å². The minimum Gasteiger partial charge on any atom is -0.377 e. The molecule has 12 fully saturated rings. The molecule has 1 atom stereocenters. The number of nitrogens with zero attached hydrogens (tertiary/aromatic N) is 3. The van der Waals surface area contributed by atoms with Crippen LogP contribution in [0.4, 0.5) is 5.69 Å². The fourth-order valence-corrected chi connectivity index (χ4v) is 49.7. The first-order valence-electron chi connectivity index (χ1n) is 58.7. The zero-order valence-electron chi connectivity index (χ0n) is 94.6. The van der Waals surface area contributed by atoms with E-state index in [1.165, 1.54) is 246 Å². The number of imidazole rings is 1. The van der Waals surface area contributed by atoms with Gasteiger partial charge in [0.1, 0.15) is 5.57 Å². The van der Waals surface area contributed by atoms with Crippen molar-refractivity contribution < 1.29 is 0 Å². The van der Waals surface area contributed by atoms with E-state index in [1.807, 2.05) is 0 Å². The van der Waals surface area contributed by atoms with E-state index in [0.29, 0.717) is 43.4 Å². The Labute approximate surface area is 886 Å². The van der Waals surface area contributed by atoms with E-state index in [4.69, 9.17) is 4.98 Å². The zero-order valence-corrected chi connectivity index (χ0v) is 99.1. The summed E-state index contributed by atoms with van der Waals surface area (Å²) in [6, 6.07) is 73.1. The van der Waals surface area contributed by atoms with E-state index >= 15 is 0 Å². The molecule has 776 valence electrons. The lowest BCUT2D eigenvalue weighted by atomic mass is 9.55. The molecule has 8 bridgehead atoms. The third-order valence-electron chi connectivity index (χ3n) is 35.8. The second kappa shape index (κ2) is 50.1. The highest BCUT2D eigenvalue weighted by atomic mass is 31.1. The molecule has 0 N–H and O–H groups in total. The summed E-state index contributed by atoms with van der Waals surface area (Å²) in [5, 5.41) is 8.83. The van der Waals surface area contributed by atoms with Gasteiger partial charge in [-0.25, -0.2) is 4.98 Å². The fourth-order valence-electron chi connectivity index (χ4n) is 30.4. The summed E-state index contributed by atoms with van der Waals surface area (Å²) in [7, 11) is 3.22. The van der Waals surface area contributed by atoms with Crippen LogP contribution in [0.1, 0.15) is 429 Å². The molecule has 1 heterocycles. The van der Waals surface area contributed by atoms with E-state index < -0.39 is 7.92 Å². The van der Waals surface area contributed by atoms with Crippen LogP contribution >= 0.6 is 39.6 Å². The van der Waals surface area contributed by atoms with Crippen LogP contribution in [-0.4, -0.2) is 73.6 Å². The Bertz CT molecular complexity index is 5490. The number of hydrogen-bond acceptors (Lipinski definition) is 2. The Morgan fingerprint density at radius 3 is 1.12 bits per heavy atom. The summed E-state index contributed by atoms with van der Waals surface area (Å²) in [6.07, 6.45) is 56.2. The van der Waals surface area contributed by atoms with E-state index in [1.54, 1.807) is 116 Å². The Kier molecular flexibility index (Phi) is 38.6. The standard InChI is InChI=1S/C33H49P.C29H45P.C26H24NP.C24H35N2P.C24H39P/c1-23(2)26-21-30(24(3)4)33(31(22-26)25(5)6)29-19-13-14-20-32(29)34(27-15-9-7-10-16-27)28-17-11-8-12-18-28;1-19(2)22-17-24(20(3)4)27(25(18-22)21(5)6)23-15-13-14-16-26(23)30(28(7,8)9)29(10,11)12;1-27(2)25-19-11-9-17-23(25)24-18-10-12-20-26(24)28(21-13-5-3-6-14-21)22-15-7-4-8-16-22;1-18-16-19(2)23(20(3)17-18)26-15-14-25-24(26)27(21-10-6-4-7-11-21)22-12-8-5-9-13-22;1-2-3-4-25(23-21-9-16-5-17(11-21)12-22(23)10-16)24-13-18-6-19(14-24)8-20(7-18)15-24/h13-14,19-25,27-28H,7-12,15-18H2,1-6H3;13-21H,1-12H3;3-20H,1-2H3;14-17,21-22H,4-13H2,1-3H3;16-23H,2-15H2,1H3. The Morgan fingerprint density at radius 2 is 0.736 bits per heavy atom. The molecule has 9 aromatic carbocycles. The highest BCUT2D eigenvalue weighted by molar-refractivity contribution is 7.80. The molecule has 8 heteroatoms. The fraction of sp³-hybridized carbons (Fsp3) is 0.581. The summed E-state index contributed by atoms with van der Waals surface area (Å²) in [5.41, 5.74) is 30.9. The first-order chi connectivity index (χ1) is 69.2. The van der Waals surface area contributed by atoms with Gasteiger partial charge in [-0.05, 0) is 397 Å². The van der Waals surface area contributed by atoms with Crippen LogP contribution in [0, 0.1) is 62.2 Å². The second-order valence-corrected chi connectivity index (χ2v) is 65.5. The van der Waals surface area contributed by atoms with E-state index in [0.717, 1.165) is 57.4 Å². The molecule has 3 nitrogen and oxygen atoms in total. The molecular weight excluding hydrogens is 1830 g/mol. The molecule has 22 rings (SSSR count). The lowest BCUT2D eigenvalue weighted by Crippen LogP contribution is -2.54. The van der Waals surface area contributed by atoms with E-state index in [-0.39, 0.29) is 34.1 Å². The third kappa shape index (κ3) is 26.0. The number of hydrogen-bond donors (Lipinski definition) is 0. The Morgan fingerprint density at radius 1 is 0.382 bits per heavy atom. The number of unbranched alkanes of at least 4 members (excludes halogenated alkanes) is 1. The van der Waals surface area contributed by atoms with Gasteiger partial charge in [0.05, 0.1) is 5.69 Å². The molecule has 0 spiro atoms. The Hall–Kier alpha value is -5.86. The lowest BCUT2D eigenvalue weighted by Gasteiger charge is -2.65. The van der Waals surface area contributed by atoms with E-state index in [2.05, 4.69) is 382 Å². The molecule has 12 aliphatic rings. The molecule has 12 aliphatic carbocycles. The third-order valence-corrected chi connectivity index (χ3v) is 53.0. The van der Waals surface area contributed by atoms with Gasteiger partial charge in [0, 0.05) is 37.7 Å². The number of benzene rings is 9. The molecule has 0 aliphatic heterocycles. The average molecular weight is 2020 g/mol. The predicted octanol–water partition coefficient (Wildman–Crippen LogP) is 38.7. The first kappa shape index (κ1) is 111. The summed E-state index contributed by atoms with van der Waals surface area (Å²) < 4.78 is 2.49. The SMILES string of the molecule is CC(C)c1cc(C(C)C)c(-c2ccccc2P(C(C)(C)C)C(C)(C)C)c(C(C)C)c1.CC(C)c1cc(C(C)C)c(-c2ccccc2P(C2CCCCC2)C2CCCCC2)c(C(C)C)c1.CCCCP(C1C2CC3CC(C2)CC1C3)C12CC3CC(CC(C3)C1)C2.CN(C)c1ccccc1-c1ccccc1P(c1ccccc1)c1ccccc1.Cc1cc(C)c(-n2ccnc2P(C2CCCCC2)C2CCCCC2)c(C)c1. The van der Waals surface area contributed by atoms with Gasteiger partial charge in [0.25, 0.3) is 0 Å². The van der Waals surface area contributed by atoms with Crippen molar-refractivity contribution in [2.24, 2.45) is 41.4 Å². The van der Waals surface area contributed by atoms with Crippen molar-refractivity contribution in [3.05, 3.63) is 257 Å². The maximum absolute atomic E-state index is 5.04. The van der Waals surface area contributed by atoms with Crippen molar-refractivity contribution in [3.63, 3.8) is 0 Å². The van der Waals surface area contributed by atoms with Gasteiger partial charge in [-0.2, -0.15) is 0 Å². The van der Waals surface area contributed by atoms with Crippen LogP contribution in [0.2, 0.25) is 0 Å². The van der Waals surface area contributed by atoms with Crippen molar-refractivity contribution in [1.29, 1.82) is 0 Å². The first-order valence-corrected chi connectivity index (χ1v) is 66.0. The van der Waals surface area contributed by atoms with Crippen LogP contribution in [-0.2, 0) is 0 Å². The monoisotopic (exact) mass is 2020 g/mol. The topological polar surface area (TPSA) is 21.1 Å². The molecular formula is C136H192N3P5. The van der Waals surface area contributed by atoms with Crippen molar-refractivity contribution in [1.82, 2.24) is 9.55 Å². The smallest absolute Gasteiger partial charge is 0.136 e. The van der Waals surface area contributed by atoms with Crippen molar-refractivity contribution in [2.75, 3.05) is 25.2 Å². The molecule has 144 heavy (non-hydrogen) atoms. The minimum atomic E-state index is -0.641. The number of aromatic nitrogens is 2. The van der Waals surface area contributed by atoms with Gasteiger partial charge in [-0.1, -0.05) is 432 Å². The lowest BCUT2D eigenvalue weighted by molar-refractivity contribution is 0.0148. The number of anilines is 1. The van der Waals surface area contributed by atoms with Crippen molar-refractivity contribution in [3.8, 4) is 39.1 Å². The van der Waals surface area contributed by atoms with Crippen molar-refractivity contribution in [2.45, 2.75) is 443 Å². The molecule has 1 aromatic heterocycles. The average Bonchev–Trinajstić information content (AvgIpc) is 0.712. The molecule has 12 saturated carbocycles. The molecule has 0 saturated heterocycles. The quantitative estimate of drug-likeness (QED) is 0.0504. The number of aryl methyl sites for hydroxylation is 3. The van der Waals surface area contributed by atoms with Crippen LogP contribution in [0.5, 0.6) is 0 Å². The summed E-state index contributed by atoms with van der Waals surface area (Å²) in [6.45, 7) is 52.1. The summed E-state index contributed by atoms with van der Waals surface area (Å²) in [5.74, 6) is 11.4. The zero-order chi connectivity index (χ0) is 102. The second-order valence-electron chi connectivity index (χ2n) is 51.2. The van der Waals surface area contributed by atoms with Gasteiger partial charge in [-0.3, -0.25) is 4.57 Å². The van der Waals surface area contributed by atoms with E-state index in [9.17, 15) is 0 Å². The maximum atomic E-state index is 5.04. The van der Waals surface area contributed by atoms with Crippen LogP contribution in [0.15, 0.2) is 207 Å². The molecule has 1 unspecified atom stereocenters. The highest BCUT2D eigenvalue weighted by Crippen LogP contribution is 2.76. The number of para-hydroxylation sites is 1. The minimum absolute atomic E-state index is 0.120. The largest absolute Gasteiger partial charge is 0.377 e. The van der Waals surface area contributed by atoms with Gasteiger partial charge in [0.2, 0.25) is 0 Å². The highest BCUT2D eigenvalue weighted by Gasteiger charge is 2.60. The normalized spacial score (nSPS) is 22.7. The number of rotatable bonds is 26. The van der Waals surface area contributed by atoms with Gasteiger partial charge in [0.15, 0.2) is 0 Å². The van der Waals surface area contributed by atoms with Crippen molar-refractivity contribution >= 4 is 77.4 Å². The van der Waals surface area contributed by atoms with Crippen LogP contribution in [0.25, 0.3) is 39.1 Å². The summed E-state index contributed by atoms with van der Waals surface area (Å²) >= 11 is 0. The molecule has 0 radical (unpaired) electrons. The predicted molar refractivity (Wildman–Crippen MR) is 646 cm³/mol. The van der Waals surface area contributed by atoms with Gasteiger partial charge >= 0.3 is 0 Å². The van der Waals surface area contributed by atoms with Gasteiger partial charge in [-0.15, -0.1) is 0 Å².